The molecule has 1 spiro atoms. The Balaban J connectivity index is 1.74. The predicted octanol–water partition coefficient (Wildman–Crippen LogP) is 5.93. The molecule has 0 saturated carbocycles. The summed E-state index contributed by atoms with van der Waals surface area (Å²) < 4.78 is 12.2. The molecule has 5 rings (SSSR count). The van der Waals surface area contributed by atoms with E-state index >= 15 is 0 Å². The molecule has 28 heavy (non-hydrogen) atoms. The van der Waals surface area contributed by atoms with Crippen LogP contribution < -0.4 is 14.4 Å². The van der Waals surface area contributed by atoms with Gasteiger partial charge in [-0.2, -0.15) is 0 Å². The summed E-state index contributed by atoms with van der Waals surface area (Å²) in [5.74, 6) is 1.70. The van der Waals surface area contributed by atoms with Crippen molar-refractivity contribution < 1.29 is 9.47 Å². The third-order valence-electron chi connectivity index (χ3n) is 6.03. The highest BCUT2D eigenvalue weighted by Gasteiger charge is 2.59. The molecule has 0 radical (unpaired) electrons. The first-order chi connectivity index (χ1) is 13.6. The first-order valence-corrected chi connectivity index (χ1v) is 9.58. The minimum atomic E-state index is -0.653. The molecule has 2 heterocycles. The first-order valence-electron chi connectivity index (χ1n) is 9.58. The monoisotopic (exact) mass is 369 g/mol. The Morgan fingerprint density at radius 1 is 0.893 bits per heavy atom. The van der Waals surface area contributed by atoms with Gasteiger partial charge in [-0.05, 0) is 68.0 Å². The standard InChI is InChI=1S/C25H23NO2/c1-24(2)21-11-7-8-12-22(21)26(19-9-5-4-6-10-19)25(24)16-15-18-17-20(27-3)13-14-23(18)28-25/h4-17H,1-3H3/t25-/m0/s1. The van der Waals surface area contributed by atoms with E-state index in [1.165, 1.54) is 11.3 Å². The van der Waals surface area contributed by atoms with E-state index in [0.717, 1.165) is 22.7 Å². The summed E-state index contributed by atoms with van der Waals surface area (Å²) in [6.07, 6.45) is 4.35. The van der Waals surface area contributed by atoms with E-state index in [1.54, 1.807) is 7.11 Å². The highest BCUT2D eigenvalue weighted by atomic mass is 16.5. The lowest BCUT2D eigenvalue weighted by Crippen LogP contribution is -2.57. The molecule has 0 amide bonds. The van der Waals surface area contributed by atoms with Crippen molar-refractivity contribution in [1.29, 1.82) is 0 Å². The van der Waals surface area contributed by atoms with Crippen molar-refractivity contribution in [2.24, 2.45) is 0 Å². The third-order valence-corrected chi connectivity index (χ3v) is 6.03. The van der Waals surface area contributed by atoms with Crippen LogP contribution in [0.2, 0.25) is 0 Å². The molecule has 0 unspecified atom stereocenters. The van der Waals surface area contributed by atoms with Crippen LogP contribution in [0.25, 0.3) is 6.08 Å². The van der Waals surface area contributed by atoms with E-state index in [4.69, 9.17) is 9.47 Å². The molecule has 140 valence electrons. The Morgan fingerprint density at radius 3 is 2.43 bits per heavy atom. The van der Waals surface area contributed by atoms with Gasteiger partial charge in [-0.3, -0.25) is 4.90 Å². The number of benzene rings is 3. The van der Waals surface area contributed by atoms with Crippen LogP contribution in [0.15, 0.2) is 78.9 Å². The maximum absolute atomic E-state index is 6.83. The van der Waals surface area contributed by atoms with Crippen molar-refractivity contribution in [1.82, 2.24) is 0 Å². The summed E-state index contributed by atoms with van der Waals surface area (Å²) in [7, 11) is 1.68. The number of rotatable bonds is 2. The molecule has 2 aliphatic heterocycles. The van der Waals surface area contributed by atoms with Crippen LogP contribution in [0.5, 0.6) is 11.5 Å². The molecule has 3 heteroatoms. The van der Waals surface area contributed by atoms with Crippen molar-refractivity contribution in [2.45, 2.75) is 25.0 Å². The van der Waals surface area contributed by atoms with Gasteiger partial charge in [-0.25, -0.2) is 0 Å². The van der Waals surface area contributed by atoms with Crippen LogP contribution in [0.3, 0.4) is 0 Å². The van der Waals surface area contributed by atoms with Crippen molar-refractivity contribution in [3.63, 3.8) is 0 Å². The number of hydrogen-bond donors (Lipinski definition) is 0. The molecule has 0 N–H and O–H groups in total. The van der Waals surface area contributed by atoms with E-state index in [9.17, 15) is 0 Å². The van der Waals surface area contributed by atoms with Gasteiger partial charge in [0.05, 0.1) is 12.5 Å². The molecule has 0 aromatic heterocycles. The zero-order chi connectivity index (χ0) is 19.4. The fourth-order valence-corrected chi connectivity index (χ4v) is 4.49. The molecule has 1 atom stereocenters. The minimum Gasteiger partial charge on any atom is -0.497 e. The zero-order valence-electron chi connectivity index (χ0n) is 16.3. The first kappa shape index (κ1) is 16.9. The number of methoxy groups -OCH3 is 1. The van der Waals surface area contributed by atoms with Crippen LogP contribution in [0, 0.1) is 0 Å². The number of para-hydroxylation sites is 2. The number of nitrogens with zero attached hydrogens (tertiary/aromatic N) is 1. The molecule has 3 aromatic rings. The summed E-state index contributed by atoms with van der Waals surface area (Å²) in [5.41, 5.74) is 3.69. The summed E-state index contributed by atoms with van der Waals surface area (Å²) >= 11 is 0. The Labute approximate surface area is 165 Å². The number of anilines is 2. The Morgan fingerprint density at radius 2 is 1.64 bits per heavy atom. The number of hydrogen-bond acceptors (Lipinski definition) is 3. The fourth-order valence-electron chi connectivity index (χ4n) is 4.49. The van der Waals surface area contributed by atoms with Gasteiger partial charge in [0.1, 0.15) is 11.5 Å². The Bertz CT molecular complexity index is 1070. The SMILES string of the molecule is COc1ccc2c(c1)C=C[C@@]1(O2)N(c2ccccc2)c2ccccc2C1(C)C. The van der Waals surface area contributed by atoms with Crippen molar-refractivity contribution >= 4 is 17.5 Å². The molecule has 3 aromatic carbocycles. The second-order valence-corrected chi connectivity index (χ2v) is 7.85. The van der Waals surface area contributed by atoms with Crippen LogP contribution in [0.4, 0.5) is 11.4 Å². The second-order valence-electron chi connectivity index (χ2n) is 7.85. The van der Waals surface area contributed by atoms with E-state index in [1.807, 2.05) is 24.3 Å². The highest BCUT2D eigenvalue weighted by molar-refractivity contribution is 5.79. The average Bonchev–Trinajstić information content (AvgIpc) is 2.92. The smallest absolute Gasteiger partial charge is 0.216 e. The van der Waals surface area contributed by atoms with E-state index in [-0.39, 0.29) is 5.41 Å². The lowest BCUT2D eigenvalue weighted by atomic mass is 9.76. The topological polar surface area (TPSA) is 21.7 Å². The van der Waals surface area contributed by atoms with Crippen LogP contribution in [0.1, 0.15) is 25.0 Å². The van der Waals surface area contributed by atoms with Crippen molar-refractivity contribution in [3.05, 3.63) is 90.0 Å². The lowest BCUT2D eigenvalue weighted by molar-refractivity contribution is 0.0629. The van der Waals surface area contributed by atoms with Gasteiger partial charge in [0, 0.05) is 16.9 Å². The maximum Gasteiger partial charge on any atom is 0.216 e. The fraction of sp³-hybridized carbons (Fsp3) is 0.200. The van der Waals surface area contributed by atoms with E-state index < -0.39 is 5.72 Å². The van der Waals surface area contributed by atoms with Gasteiger partial charge in [-0.1, -0.05) is 36.4 Å². The minimum absolute atomic E-state index is 0.256. The molecule has 0 bridgehead atoms. The maximum atomic E-state index is 6.83. The van der Waals surface area contributed by atoms with Crippen LogP contribution in [-0.4, -0.2) is 12.8 Å². The Hall–Kier alpha value is -3.20. The highest BCUT2D eigenvalue weighted by Crippen LogP contribution is 2.57. The molecule has 0 aliphatic carbocycles. The molecule has 0 saturated heterocycles. The van der Waals surface area contributed by atoms with E-state index in [2.05, 4.69) is 79.4 Å². The summed E-state index contributed by atoms with van der Waals surface area (Å²) in [4.78, 5) is 2.33. The van der Waals surface area contributed by atoms with Gasteiger partial charge in [0.15, 0.2) is 0 Å². The van der Waals surface area contributed by atoms with Gasteiger partial charge in [0.25, 0.3) is 0 Å². The third kappa shape index (κ3) is 2.16. The van der Waals surface area contributed by atoms with Gasteiger partial charge in [-0.15, -0.1) is 0 Å². The van der Waals surface area contributed by atoms with Gasteiger partial charge < -0.3 is 9.47 Å². The number of fused-ring (bicyclic) bond motifs is 2. The zero-order valence-corrected chi connectivity index (χ0v) is 16.3. The molecule has 2 aliphatic rings. The van der Waals surface area contributed by atoms with Crippen LogP contribution in [-0.2, 0) is 5.41 Å². The van der Waals surface area contributed by atoms with E-state index in [0.29, 0.717) is 0 Å². The summed E-state index contributed by atoms with van der Waals surface area (Å²) in [6, 6.07) is 25.0. The van der Waals surface area contributed by atoms with Gasteiger partial charge >= 0.3 is 0 Å². The lowest BCUT2D eigenvalue weighted by Gasteiger charge is -2.47. The molecular formula is C25H23NO2. The molecule has 3 nitrogen and oxygen atoms in total. The van der Waals surface area contributed by atoms with Crippen LogP contribution >= 0.6 is 0 Å². The predicted molar refractivity (Wildman–Crippen MR) is 113 cm³/mol. The second kappa shape index (κ2) is 5.90. The molecular weight excluding hydrogens is 346 g/mol. The van der Waals surface area contributed by atoms with Gasteiger partial charge in [0.2, 0.25) is 5.72 Å². The molecule has 0 fully saturated rings. The van der Waals surface area contributed by atoms with Crippen molar-refractivity contribution in [3.8, 4) is 11.5 Å². The quantitative estimate of drug-likeness (QED) is 0.559. The Kier molecular flexibility index (Phi) is 3.57. The summed E-state index contributed by atoms with van der Waals surface area (Å²) in [6.45, 7) is 4.52. The van der Waals surface area contributed by atoms with Crippen molar-refractivity contribution in [2.75, 3.05) is 12.0 Å². The average molecular weight is 369 g/mol. The normalized spacial score (nSPS) is 21.2. The number of ether oxygens (including phenoxy) is 2. The largest absolute Gasteiger partial charge is 0.497 e. The summed E-state index contributed by atoms with van der Waals surface area (Å²) in [5, 5.41) is 0.